The van der Waals surface area contributed by atoms with Gasteiger partial charge >= 0.3 is 12.1 Å². The number of carboxylic acids is 1. The number of pyridine rings is 1. The summed E-state index contributed by atoms with van der Waals surface area (Å²) >= 11 is 0. The molecule has 0 radical (unpaired) electrons. The van der Waals surface area contributed by atoms with Crippen molar-refractivity contribution in [3.05, 3.63) is 35.0 Å². The zero-order valence-electron chi connectivity index (χ0n) is 16.9. The van der Waals surface area contributed by atoms with Crippen molar-refractivity contribution < 1.29 is 28.6 Å². The van der Waals surface area contributed by atoms with Gasteiger partial charge in [-0.3, -0.25) is 0 Å². The number of carbonyl (C=O) groups is 2. The summed E-state index contributed by atoms with van der Waals surface area (Å²) in [4.78, 5) is 28.8. The van der Waals surface area contributed by atoms with Crippen LogP contribution in [0.4, 0.5) is 9.18 Å². The lowest BCUT2D eigenvalue weighted by atomic mass is 10.1. The molecule has 0 aliphatic carbocycles. The zero-order chi connectivity index (χ0) is 21.5. The molecule has 156 valence electrons. The summed E-state index contributed by atoms with van der Waals surface area (Å²) < 4.78 is 26.4. The van der Waals surface area contributed by atoms with Crippen LogP contribution >= 0.6 is 0 Å². The number of rotatable bonds is 4. The third kappa shape index (κ3) is 4.30. The molecule has 0 atom stereocenters. The molecule has 3 heterocycles. The number of aromatic nitrogens is 3. The summed E-state index contributed by atoms with van der Waals surface area (Å²) in [5.74, 6) is -1.57. The number of carboxylic acid groups (broad SMARTS) is 1. The van der Waals surface area contributed by atoms with Crippen LogP contribution in [0.5, 0.6) is 5.75 Å². The van der Waals surface area contributed by atoms with E-state index in [1.165, 1.54) is 15.6 Å². The number of hydrogen-bond acceptors (Lipinski definition) is 6. The van der Waals surface area contributed by atoms with Crippen LogP contribution in [-0.4, -0.2) is 61.6 Å². The smallest absolute Gasteiger partial charge is 0.410 e. The maximum Gasteiger partial charge on any atom is 0.410 e. The molecule has 2 aromatic rings. The van der Waals surface area contributed by atoms with Crippen LogP contribution in [0.1, 0.15) is 42.5 Å². The maximum absolute atomic E-state index is 14.2. The molecule has 10 heteroatoms. The Morgan fingerprint density at radius 3 is 2.48 bits per heavy atom. The van der Waals surface area contributed by atoms with Crippen LogP contribution in [0, 0.1) is 19.7 Å². The zero-order valence-corrected chi connectivity index (χ0v) is 16.9. The van der Waals surface area contributed by atoms with Gasteiger partial charge in [0.2, 0.25) is 0 Å². The summed E-state index contributed by atoms with van der Waals surface area (Å²) in [7, 11) is 0. The fraction of sp³-hybridized carbons (Fsp3) is 0.474. The number of nitrogens with zero attached hydrogens (tertiary/aromatic N) is 4. The molecule has 3 rings (SSSR count). The third-order valence-corrected chi connectivity index (χ3v) is 4.32. The molecule has 0 spiro atoms. The van der Waals surface area contributed by atoms with Crippen LogP contribution in [-0.2, 0) is 4.74 Å². The van der Waals surface area contributed by atoms with E-state index in [-0.39, 0.29) is 36.3 Å². The van der Waals surface area contributed by atoms with Crippen molar-refractivity contribution >= 4 is 12.1 Å². The molecule has 2 aromatic heterocycles. The Morgan fingerprint density at radius 2 is 1.93 bits per heavy atom. The number of aryl methyl sites for hydroxylation is 1. The lowest BCUT2D eigenvalue weighted by molar-refractivity contribution is -0.0229. The summed E-state index contributed by atoms with van der Waals surface area (Å²) in [6.45, 7) is 9.06. The van der Waals surface area contributed by atoms with Gasteiger partial charge in [0.1, 0.15) is 17.3 Å². The van der Waals surface area contributed by atoms with Gasteiger partial charge in [0.15, 0.2) is 17.4 Å². The maximum atomic E-state index is 14.2. The molecule has 1 aliphatic rings. The monoisotopic (exact) mass is 406 g/mol. The molecule has 1 aliphatic heterocycles. The molecule has 9 nitrogen and oxygen atoms in total. The third-order valence-electron chi connectivity index (χ3n) is 4.32. The Labute approximate surface area is 167 Å². The molecular formula is C19H23FN4O5. The van der Waals surface area contributed by atoms with Crippen molar-refractivity contribution in [3.8, 4) is 11.6 Å². The predicted molar refractivity (Wildman–Crippen MR) is 100.0 cm³/mol. The van der Waals surface area contributed by atoms with E-state index in [1.807, 2.05) is 0 Å². The van der Waals surface area contributed by atoms with Crippen LogP contribution in [0.3, 0.4) is 0 Å². The lowest BCUT2D eigenvalue weighted by Crippen LogP contribution is -2.57. The minimum atomic E-state index is -1.10. The summed E-state index contributed by atoms with van der Waals surface area (Å²) in [6.07, 6.45) is 0.158. The number of ether oxygens (including phenoxy) is 2. The number of aromatic carboxylic acids is 1. The van der Waals surface area contributed by atoms with Gasteiger partial charge in [-0.25, -0.2) is 23.6 Å². The van der Waals surface area contributed by atoms with E-state index >= 15 is 0 Å². The Morgan fingerprint density at radius 1 is 1.28 bits per heavy atom. The Kier molecular flexibility index (Phi) is 5.20. The van der Waals surface area contributed by atoms with E-state index in [1.54, 1.807) is 34.6 Å². The predicted octanol–water partition coefficient (Wildman–Crippen LogP) is 2.72. The number of hydrogen-bond donors (Lipinski definition) is 1. The van der Waals surface area contributed by atoms with E-state index in [0.29, 0.717) is 11.4 Å². The average Bonchev–Trinajstić information content (AvgIpc) is 2.84. The highest BCUT2D eigenvalue weighted by molar-refractivity contribution is 5.90. The number of carbonyl (C=O) groups excluding carboxylic acids is 1. The first kappa shape index (κ1) is 20.6. The van der Waals surface area contributed by atoms with Gasteiger partial charge < -0.3 is 19.5 Å². The van der Waals surface area contributed by atoms with E-state index < -0.39 is 23.5 Å². The largest absolute Gasteiger partial charge is 0.483 e. The normalized spacial score (nSPS) is 14.5. The molecule has 1 amide bonds. The van der Waals surface area contributed by atoms with Gasteiger partial charge in [-0.1, -0.05) is 0 Å². The molecule has 0 bridgehead atoms. The fourth-order valence-electron chi connectivity index (χ4n) is 2.96. The molecule has 1 saturated heterocycles. The molecular weight excluding hydrogens is 383 g/mol. The van der Waals surface area contributed by atoms with Gasteiger partial charge in [-0.2, -0.15) is 5.10 Å². The Balaban J connectivity index is 1.73. The summed E-state index contributed by atoms with van der Waals surface area (Å²) in [5.41, 5.74) is 0.185. The first-order valence-corrected chi connectivity index (χ1v) is 9.06. The molecule has 29 heavy (non-hydrogen) atoms. The van der Waals surface area contributed by atoms with Crippen molar-refractivity contribution in [2.75, 3.05) is 13.1 Å². The van der Waals surface area contributed by atoms with Crippen LogP contribution in [0.2, 0.25) is 0 Å². The average molecular weight is 406 g/mol. The lowest BCUT2D eigenvalue weighted by Gasteiger charge is -2.39. The van der Waals surface area contributed by atoms with E-state index in [4.69, 9.17) is 9.47 Å². The van der Waals surface area contributed by atoms with E-state index in [0.717, 1.165) is 6.20 Å². The molecule has 0 unspecified atom stereocenters. The Hall–Kier alpha value is -3.17. The summed E-state index contributed by atoms with van der Waals surface area (Å²) in [6, 6.07) is 1.36. The van der Waals surface area contributed by atoms with Crippen molar-refractivity contribution in [1.82, 2.24) is 19.7 Å². The van der Waals surface area contributed by atoms with Crippen LogP contribution in [0.25, 0.3) is 5.82 Å². The topological polar surface area (TPSA) is 107 Å². The van der Waals surface area contributed by atoms with Crippen molar-refractivity contribution in [1.29, 1.82) is 0 Å². The van der Waals surface area contributed by atoms with Crippen LogP contribution < -0.4 is 4.74 Å². The van der Waals surface area contributed by atoms with Gasteiger partial charge in [-0.15, -0.1) is 0 Å². The van der Waals surface area contributed by atoms with E-state index in [9.17, 15) is 19.1 Å². The van der Waals surface area contributed by atoms with Crippen molar-refractivity contribution in [3.63, 3.8) is 0 Å². The SMILES string of the molecule is Cc1nn(-c2cc(OC3CN(C(=O)OC(C)(C)C)C3)c(F)cn2)c(C)c1C(=O)O. The van der Waals surface area contributed by atoms with Crippen LogP contribution in [0.15, 0.2) is 12.3 Å². The standard InChI is InChI=1S/C19H23FN4O5/c1-10-16(17(25)26)11(2)24(22-10)15-6-14(13(20)7-21-15)28-12-8-23(9-12)18(27)29-19(3,4)5/h6-7,12H,8-9H2,1-5H3,(H,25,26). The highest BCUT2D eigenvalue weighted by Gasteiger charge is 2.35. The Bertz CT molecular complexity index is 960. The highest BCUT2D eigenvalue weighted by atomic mass is 19.1. The second-order valence-corrected chi connectivity index (χ2v) is 7.86. The van der Waals surface area contributed by atoms with Crippen molar-refractivity contribution in [2.24, 2.45) is 0 Å². The van der Waals surface area contributed by atoms with Gasteiger partial charge in [0.25, 0.3) is 0 Å². The number of amides is 1. The van der Waals surface area contributed by atoms with Gasteiger partial charge in [-0.05, 0) is 34.6 Å². The minimum absolute atomic E-state index is 0.0479. The fourth-order valence-corrected chi connectivity index (χ4v) is 2.96. The van der Waals surface area contributed by atoms with Gasteiger partial charge in [0.05, 0.1) is 30.7 Å². The highest BCUT2D eigenvalue weighted by Crippen LogP contribution is 2.25. The van der Waals surface area contributed by atoms with Gasteiger partial charge in [0, 0.05) is 6.07 Å². The molecule has 1 N–H and O–H groups in total. The van der Waals surface area contributed by atoms with E-state index in [2.05, 4.69) is 10.1 Å². The molecule has 1 fully saturated rings. The van der Waals surface area contributed by atoms with Crippen molar-refractivity contribution in [2.45, 2.75) is 46.3 Å². The first-order chi connectivity index (χ1) is 13.5. The summed E-state index contributed by atoms with van der Waals surface area (Å²) in [5, 5.41) is 13.5. The first-order valence-electron chi connectivity index (χ1n) is 9.06. The second-order valence-electron chi connectivity index (χ2n) is 7.86. The molecule has 0 saturated carbocycles. The number of halogens is 1. The minimum Gasteiger partial charge on any atom is -0.483 e. The second kappa shape index (κ2) is 7.34. The number of likely N-dealkylation sites (tertiary alicyclic amines) is 1. The quantitative estimate of drug-likeness (QED) is 0.832. The molecule has 0 aromatic carbocycles.